The zero-order valence-corrected chi connectivity index (χ0v) is 13.6. The van der Waals surface area contributed by atoms with Crippen LogP contribution in [0.2, 0.25) is 0 Å². The Labute approximate surface area is 137 Å². The molecule has 0 bridgehead atoms. The average Bonchev–Trinajstić information content (AvgIpc) is 3.17. The number of hydrogen-bond acceptors (Lipinski definition) is 3. The van der Waals surface area contributed by atoms with Gasteiger partial charge in [0.1, 0.15) is 0 Å². The number of para-hydroxylation sites is 1. The summed E-state index contributed by atoms with van der Waals surface area (Å²) in [6.45, 7) is 0. The molecule has 0 aliphatic rings. The zero-order chi connectivity index (χ0) is 15.8. The van der Waals surface area contributed by atoms with Crippen molar-refractivity contribution >= 4 is 24.4 Å². The molecule has 5 nitrogen and oxygen atoms in total. The summed E-state index contributed by atoms with van der Waals surface area (Å²) in [4.78, 5) is 12.7. The summed E-state index contributed by atoms with van der Waals surface area (Å²) in [7, 11) is 0. The first-order valence-corrected chi connectivity index (χ1v) is 8.57. The maximum atomic E-state index is 12.7. The SMILES string of the molecule is N#Cc1cnn(-c2ccccc2)c1-n1[se]c2ccccc2c1=O. The van der Waals surface area contributed by atoms with Gasteiger partial charge in [-0.25, -0.2) is 0 Å². The molecule has 110 valence electrons. The molecule has 0 N–H and O–H groups in total. The summed E-state index contributed by atoms with van der Waals surface area (Å²) < 4.78 is 4.36. The van der Waals surface area contributed by atoms with Gasteiger partial charge >= 0.3 is 137 Å². The molecule has 4 aromatic rings. The number of rotatable bonds is 2. The van der Waals surface area contributed by atoms with Crippen molar-refractivity contribution in [3.8, 4) is 17.6 Å². The van der Waals surface area contributed by atoms with Gasteiger partial charge < -0.3 is 0 Å². The Kier molecular flexibility index (Phi) is 3.23. The summed E-state index contributed by atoms with van der Waals surface area (Å²) in [5, 5.41) is 14.4. The Bertz CT molecular complexity index is 1100. The van der Waals surface area contributed by atoms with Crippen LogP contribution < -0.4 is 5.56 Å². The maximum absolute atomic E-state index is 12.7. The molecule has 2 aromatic carbocycles. The molecule has 0 saturated carbocycles. The van der Waals surface area contributed by atoms with Gasteiger partial charge in [0.15, 0.2) is 0 Å². The van der Waals surface area contributed by atoms with Gasteiger partial charge in [-0.2, -0.15) is 0 Å². The van der Waals surface area contributed by atoms with Crippen molar-refractivity contribution in [2.24, 2.45) is 0 Å². The van der Waals surface area contributed by atoms with Gasteiger partial charge in [-0.15, -0.1) is 0 Å². The molecule has 0 spiro atoms. The summed E-state index contributed by atoms with van der Waals surface area (Å²) >= 11 is -0.203. The van der Waals surface area contributed by atoms with Crippen LogP contribution in [0.15, 0.2) is 65.6 Å². The number of fused-ring (bicyclic) bond motifs is 1. The van der Waals surface area contributed by atoms with Crippen LogP contribution in [0.1, 0.15) is 5.56 Å². The van der Waals surface area contributed by atoms with E-state index in [-0.39, 0.29) is 20.3 Å². The fourth-order valence-corrected chi connectivity index (χ4v) is 4.65. The van der Waals surface area contributed by atoms with E-state index in [1.54, 1.807) is 8.24 Å². The van der Waals surface area contributed by atoms with Crippen LogP contribution in [0.3, 0.4) is 0 Å². The normalized spacial score (nSPS) is 10.7. The van der Waals surface area contributed by atoms with E-state index in [9.17, 15) is 10.1 Å². The molecule has 0 unspecified atom stereocenters. The number of benzene rings is 2. The van der Waals surface area contributed by atoms with Crippen molar-refractivity contribution < 1.29 is 0 Å². The minimum absolute atomic E-state index is 0.0743. The second-order valence-corrected chi connectivity index (χ2v) is 7.00. The minimum atomic E-state index is -0.203. The molecule has 0 aliphatic carbocycles. The molecular weight excluding hydrogens is 355 g/mol. The predicted molar refractivity (Wildman–Crippen MR) is 88.3 cm³/mol. The van der Waals surface area contributed by atoms with Gasteiger partial charge in [-0.1, -0.05) is 0 Å². The van der Waals surface area contributed by atoms with E-state index in [0.29, 0.717) is 16.8 Å². The van der Waals surface area contributed by atoms with Crippen LogP contribution in [0.4, 0.5) is 0 Å². The Balaban J connectivity index is 2.05. The number of nitrogens with zero attached hydrogens (tertiary/aromatic N) is 4. The topological polar surface area (TPSA) is 63.6 Å². The van der Waals surface area contributed by atoms with Crippen molar-refractivity contribution in [2.75, 3.05) is 0 Å². The fraction of sp³-hybridized carbons (Fsp3) is 0. The van der Waals surface area contributed by atoms with Crippen LogP contribution in [0, 0.1) is 11.3 Å². The summed E-state index contributed by atoms with van der Waals surface area (Å²) in [5.41, 5.74) is 1.15. The van der Waals surface area contributed by atoms with Gasteiger partial charge in [0.2, 0.25) is 0 Å². The van der Waals surface area contributed by atoms with Crippen molar-refractivity contribution in [3.63, 3.8) is 0 Å². The Morgan fingerprint density at radius 2 is 1.78 bits per heavy atom. The standard InChI is InChI=1S/C17H10N4OSe/c18-10-12-11-19-20(13-6-2-1-3-7-13)16(12)21-17(22)14-8-4-5-9-15(14)23-21/h1-9,11H. The van der Waals surface area contributed by atoms with Crippen molar-refractivity contribution in [2.45, 2.75) is 0 Å². The van der Waals surface area contributed by atoms with Crippen LogP contribution in [0.25, 0.3) is 21.2 Å². The van der Waals surface area contributed by atoms with Crippen LogP contribution in [-0.2, 0) is 0 Å². The van der Waals surface area contributed by atoms with Crippen LogP contribution >= 0.6 is 0 Å². The molecule has 0 radical (unpaired) electrons. The average molecular weight is 365 g/mol. The zero-order valence-electron chi connectivity index (χ0n) is 11.9. The molecule has 0 amide bonds. The first-order valence-electron chi connectivity index (χ1n) is 6.94. The molecular formula is C17H10N4OSe. The van der Waals surface area contributed by atoms with Gasteiger partial charge in [-0.05, 0) is 0 Å². The molecule has 0 aliphatic heterocycles. The van der Waals surface area contributed by atoms with Gasteiger partial charge in [0.25, 0.3) is 0 Å². The molecule has 2 aromatic heterocycles. The molecule has 0 fully saturated rings. The van der Waals surface area contributed by atoms with E-state index < -0.39 is 0 Å². The quantitative estimate of drug-likeness (QED) is 0.511. The van der Waals surface area contributed by atoms with Gasteiger partial charge in [-0.3, -0.25) is 0 Å². The van der Waals surface area contributed by atoms with E-state index in [4.69, 9.17) is 0 Å². The Morgan fingerprint density at radius 1 is 1.04 bits per heavy atom. The summed E-state index contributed by atoms with van der Waals surface area (Å²) in [5.74, 6) is 0.542. The molecule has 6 heteroatoms. The molecule has 4 rings (SSSR count). The third-order valence-electron chi connectivity index (χ3n) is 3.55. The number of nitriles is 1. The third kappa shape index (κ3) is 2.15. The molecule has 23 heavy (non-hydrogen) atoms. The van der Waals surface area contributed by atoms with E-state index in [1.807, 2.05) is 54.6 Å². The second kappa shape index (κ2) is 5.40. The van der Waals surface area contributed by atoms with Gasteiger partial charge in [0, 0.05) is 0 Å². The summed E-state index contributed by atoms with van der Waals surface area (Å²) in [6.07, 6.45) is 1.51. The third-order valence-corrected chi connectivity index (χ3v) is 5.80. The van der Waals surface area contributed by atoms with Crippen LogP contribution in [0.5, 0.6) is 0 Å². The van der Waals surface area contributed by atoms with E-state index in [1.165, 1.54) is 6.20 Å². The van der Waals surface area contributed by atoms with Crippen molar-refractivity contribution in [1.29, 1.82) is 5.26 Å². The van der Waals surface area contributed by atoms with Crippen molar-refractivity contribution in [1.82, 2.24) is 13.3 Å². The molecule has 2 heterocycles. The van der Waals surface area contributed by atoms with E-state index >= 15 is 0 Å². The predicted octanol–water partition coefficient (Wildman–Crippen LogP) is 2.11. The number of hydrogen-bond donors (Lipinski definition) is 0. The fourth-order valence-electron chi connectivity index (χ4n) is 2.49. The second-order valence-electron chi connectivity index (χ2n) is 4.93. The Morgan fingerprint density at radius 3 is 2.52 bits per heavy atom. The van der Waals surface area contributed by atoms with Crippen molar-refractivity contribution in [3.05, 3.63) is 76.7 Å². The van der Waals surface area contributed by atoms with Crippen LogP contribution in [-0.4, -0.2) is 28.1 Å². The first kappa shape index (κ1) is 13.8. The van der Waals surface area contributed by atoms with E-state index in [2.05, 4.69) is 11.2 Å². The van der Waals surface area contributed by atoms with E-state index in [0.717, 1.165) is 9.95 Å². The number of aromatic nitrogens is 3. The molecule has 0 saturated heterocycles. The summed E-state index contributed by atoms with van der Waals surface area (Å²) in [6, 6.07) is 19.2. The molecule has 0 atom stereocenters. The first-order chi connectivity index (χ1) is 11.3. The Hall–Kier alpha value is -2.87. The monoisotopic (exact) mass is 366 g/mol. The van der Waals surface area contributed by atoms with Gasteiger partial charge in [0.05, 0.1) is 0 Å².